The highest BCUT2D eigenvalue weighted by Crippen LogP contribution is 2.27. The average Bonchev–Trinajstić information content (AvgIpc) is 3.12. The van der Waals surface area contributed by atoms with Gasteiger partial charge in [-0.2, -0.15) is 13.2 Å². The quantitative estimate of drug-likeness (QED) is 0.292. The highest BCUT2D eigenvalue weighted by Gasteiger charge is 2.33. The van der Waals surface area contributed by atoms with E-state index in [-0.39, 0.29) is 29.9 Å². The Kier molecular flexibility index (Phi) is 10.2. The number of hydrogen-bond acceptors (Lipinski definition) is 3. The van der Waals surface area contributed by atoms with Gasteiger partial charge in [0.1, 0.15) is 5.75 Å². The zero-order valence-electron chi connectivity index (χ0n) is 18.3. The summed E-state index contributed by atoms with van der Waals surface area (Å²) in [6.07, 6.45) is 0.496. The van der Waals surface area contributed by atoms with E-state index in [0.717, 1.165) is 43.1 Å². The van der Waals surface area contributed by atoms with Gasteiger partial charge in [0.15, 0.2) is 5.96 Å². The van der Waals surface area contributed by atoms with Crippen LogP contribution in [0.15, 0.2) is 29.3 Å². The molecule has 1 unspecified atom stereocenters. The van der Waals surface area contributed by atoms with Gasteiger partial charge in [-0.3, -0.25) is 9.89 Å². The maximum absolute atomic E-state index is 12.7. The number of likely N-dealkylation sites (tertiary alicyclic amines) is 1. The second-order valence-corrected chi connectivity index (χ2v) is 8.22. The van der Waals surface area contributed by atoms with Crippen molar-refractivity contribution in [2.45, 2.75) is 51.4 Å². The van der Waals surface area contributed by atoms with Crippen molar-refractivity contribution >= 4 is 29.9 Å². The van der Waals surface area contributed by atoms with Crippen LogP contribution in [-0.2, 0) is 6.54 Å². The van der Waals surface area contributed by atoms with Crippen molar-refractivity contribution in [3.05, 3.63) is 29.8 Å². The minimum absolute atomic E-state index is 0. The highest BCUT2D eigenvalue weighted by molar-refractivity contribution is 14.0. The van der Waals surface area contributed by atoms with Crippen molar-refractivity contribution in [1.82, 2.24) is 15.1 Å². The third-order valence-corrected chi connectivity index (χ3v) is 5.92. The number of nitrogens with zero attached hydrogens (tertiary/aromatic N) is 3. The molecule has 9 heteroatoms. The highest BCUT2D eigenvalue weighted by atomic mass is 127. The summed E-state index contributed by atoms with van der Waals surface area (Å²) >= 11 is 0. The first-order chi connectivity index (χ1) is 14.4. The smallest absolute Gasteiger partial charge is 0.401 e. The van der Waals surface area contributed by atoms with Crippen LogP contribution in [0.3, 0.4) is 0 Å². The van der Waals surface area contributed by atoms with E-state index in [9.17, 15) is 13.2 Å². The Morgan fingerprint density at radius 2 is 2.00 bits per heavy atom. The zero-order valence-corrected chi connectivity index (χ0v) is 20.7. The number of hydrogen-bond donors (Lipinski definition) is 1. The summed E-state index contributed by atoms with van der Waals surface area (Å²) in [5.41, 5.74) is 1.09. The fraction of sp³-hybridized carbons (Fsp3) is 0.682. The molecule has 0 amide bonds. The van der Waals surface area contributed by atoms with Crippen LogP contribution in [0.4, 0.5) is 13.2 Å². The standard InChI is InChI=1S/C22H33F3N4O.HI/c1-3-28(16-22(23,24)25)14-17-11-12-29(15-17)21(26-2)27-13-18-7-4-5-10-20(18)30-19-8-6-9-19;/h4-5,7,10,17,19H,3,6,8-9,11-16H2,1-2H3,(H,26,27);1H. The minimum atomic E-state index is -4.15. The molecule has 0 aromatic heterocycles. The number of alkyl halides is 3. The Morgan fingerprint density at radius 1 is 1.26 bits per heavy atom. The number of guanidine groups is 1. The Hall–Kier alpha value is -1.23. The maximum Gasteiger partial charge on any atom is 0.401 e. The fourth-order valence-corrected chi connectivity index (χ4v) is 4.04. The summed E-state index contributed by atoms with van der Waals surface area (Å²) in [7, 11) is 1.74. The molecule has 1 aromatic carbocycles. The van der Waals surface area contributed by atoms with E-state index < -0.39 is 12.7 Å². The molecule has 31 heavy (non-hydrogen) atoms. The summed E-state index contributed by atoms with van der Waals surface area (Å²) in [5.74, 6) is 1.91. The van der Waals surface area contributed by atoms with Crippen LogP contribution in [0, 0.1) is 5.92 Å². The van der Waals surface area contributed by atoms with Crippen LogP contribution < -0.4 is 10.1 Å². The predicted octanol–water partition coefficient (Wildman–Crippen LogP) is 4.52. The van der Waals surface area contributed by atoms with E-state index >= 15 is 0 Å². The van der Waals surface area contributed by atoms with Crippen LogP contribution in [0.2, 0.25) is 0 Å². The lowest BCUT2D eigenvalue weighted by Gasteiger charge is -2.28. The SMILES string of the molecule is CCN(CC1CCN(C(=NC)NCc2ccccc2OC2CCC2)C1)CC(F)(F)F.I. The molecule has 1 saturated carbocycles. The molecule has 1 aromatic rings. The summed E-state index contributed by atoms with van der Waals surface area (Å²) in [6.45, 7) is 3.92. The van der Waals surface area contributed by atoms with Gasteiger partial charge in [0.25, 0.3) is 0 Å². The van der Waals surface area contributed by atoms with Crippen LogP contribution in [0.1, 0.15) is 38.2 Å². The summed E-state index contributed by atoms with van der Waals surface area (Å²) < 4.78 is 44.3. The summed E-state index contributed by atoms with van der Waals surface area (Å²) in [4.78, 5) is 8.02. The van der Waals surface area contributed by atoms with Crippen LogP contribution in [-0.4, -0.2) is 67.8 Å². The molecule has 1 saturated heterocycles. The zero-order chi connectivity index (χ0) is 21.6. The van der Waals surface area contributed by atoms with Crippen molar-refractivity contribution in [2.24, 2.45) is 10.9 Å². The molecule has 1 aliphatic carbocycles. The van der Waals surface area contributed by atoms with Gasteiger partial charge in [-0.25, -0.2) is 0 Å². The lowest BCUT2D eigenvalue weighted by atomic mass is 9.96. The van der Waals surface area contributed by atoms with Gasteiger partial charge in [0.2, 0.25) is 0 Å². The van der Waals surface area contributed by atoms with Gasteiger partial charge in [-0.1, -0.05) is 25.1 Å². The molecule has 2 fully saturated rings. The predicted molar refractivity (Wildman–Crippen MR) is 128 cm³/mol. The maximum atomic E-state index is 12.7. The number of nitrogens with one attached hydrogen (secondary N) is 1. The number of aliphatic imine (C=N–C) groups is 1. The van der Waals surface area contributed by atoms with Gasteiger partial charge in [0, 0.05) is 38.8 Å². The molecule has 0 spiro atoms. The number of benzene rings is 1. The number of ether oxygens (including phenoxy) is 1. The topological polar surface area (TPSA) is 40.1 Å². The molecule has 3 rings (SSSR count). The van der Waals surface area contributed by atoms with Crippen LogP contribution >= 0.6 is 24.0 Å². The number of para-hydroxylation sites is 1. The molecule has 1 atom stereocenters. The summed E-state index contributed by atoms with van der Waals surface area (Å²) in [6, 6.07) is 8.04. The third kappa shape index (κ3) is 8.00. The molecule has 2 aliphatic rings. The number of halogens is 4. The second kappa shape index (κ2) is 12.1. The van der Waals surface area contributed by atoms with Crippen molar-refractivity contribution in [1.29, 1.82) is 0 Å². The van der Waals surface area contributed by atoms with Crippen molar-refractivity contribution < 1.29 is 17.9 Å². The first kappa shape index (κ1) is 26.0. The van der Waals surface area contributed by atoms with Crippen molar-refractivity contribution in [3.63, 3.8) is 0 Å². The monoisotopic (exact) mass is 554 g/mol. The third-order valence-electron chi connectivity index (χ3n) is 5.92. The normalized spacial score (nSPS) is 19.9. The van der Waals surface area contributed by atoms with E-state index in [4.69, 9.17) is 4.74 Å². The Bertz CT molecular complexity index is 712. The molecule has 5 nitrogen and oxygen atoms in total. The molecule has 1 aliphatic heterocycles. The van der Waals surface area contributed by atoms with E-state index in [1.807, 2.05) is 18.2 Å². The second-order valence-electron chi connectivity index (χ2n) is 8.22. The van der Waals surface area contributed by atoms with Gasteiger partial charge < -0.3 is 15.0 Å². The molecule has 0 bridgehead atoms. The lowest BCUT2D eigenvalue weighted by Crippen LogP contribution is -2.41. The molecule has 1 heterocycles. The van der Waals surface area contributed by atoms with E-state index in [0.29, 0.717) is 32.3 Å². The van der Waals surface area contributed by atoms with Crippen molar-refractivity contribution in [3.8, 4) is 5.75 Å². The fourth-order valence-electron chi connectivity index (χ4n) is 4.04. The minimum Gasteiger partial charge on any atom is -0.490 e. The average molecular weight is 554 g/mol. The first-order valence-electron chi connectivity index (χ1n) is 10.9. The van der Waals surface area contributed by atoms with E-state index in [1.54, 1.807) is 14.0 Å². The molecular formula is C22H34F3IN4O. The van der Waals surface area contributed by atoms with Crippen molar-refractivity contribution in [2.75, 3.05) is 39.8 Å². The summed E-state index contributed by atoms with van der Waals surface area (Å²) in [5, 5.41) is 3.41. The Balaban J connectivity index is 0.00000341. The van der Waals surface area contributed by atoms with E-state index in [2.05, 4.69) is 21.3 Å². The lowest BCUT2D eigenvalue weighted by molar-refractivity contribution is -0.146. The molecule has 176 valence electrons. The molecule has 1 N–H and O–H groups in total. The van der Waals surface area contributed by atoms with E-state index in [1.165, 1.54) is 11.3 Å². The van der Waals surface area contributed by atoms with Gasteiger partial charge in [0.05, 0.1) is 12.6 Å². The largest absolute Gasteiger partial charge is 0.490 e. The number of rotatable bonds is 8. The Morgan fingerprint density at radius 3 is 2.61 bits per heavy atom. The first-order valence-corrected chi connectivity index (χ1v) is 10.9. The Labute approximate surface area is 200 Å². The van der Waals surface area contributed by atoms with Gasteiger partial charge in [-0.05, 0) is 44.2 Å². The van der Waals surface area contributed by atoms with Gasteiger partial charge in [-0.15, -0.1) is 24.0 Å². The molecular weight excluding hydrogens is 520 g/mol. The van der Waals surface area contributed by atoms with Crippen LogP contribution in [0.5, 0.6) is 5.75 Å². The molecule has 0 radical (unpaired) electrons. The van der Waals surface area contributed by atoms with Crippen LogP contribution in [0.25, 0.3) is 0 Å². The van der Waals surface area contributed by atoms with Gasteiger partial charge >= 0.3 is 6.18 Å².